The molecule has 1 aliphatic heterocycles. The van der Waals surface area contributed by atoms with E-state index >= 15 is 0 Å². The van der Waals surface area contributed by atoms with Crippen LogP contribution in [0, 0.1) is 3.57 Å². The lowest BCUT2D eigenvalue weighted by atomic mass is 10.2. The van der Waals surface area contributed by atoms with Gasteiger partial charge in [-0.25, -0.2) is 0 Å². The zero-order chi connectivity index (χ0) is 10.7. The lowest BCUT2D eigenvalue weighted by molar-refractivity contribution is 0.0941. The summed E-state index contributed by atoms with van der Waals surface area (Å²) in [6.45, 7) is 0. The molecule has 1 atom stereocenters. The van der Waals surface area contributed by atoms with E-state index in [1.807, 2.05) is 36.0 Å². The first-order chi connectivity index (χ1) is 7.25. The standard InChI is InChI=1S/C11H12INOS/c12-9-3-1-2-8(6-9)11(14)13-10-4-5-15-7-10/h1-3,6,10H,4-5,7H2,(H,13,14). The van der Waals surface area contributed by atoms with Crippen LogP contribution in [0.25, 0.3) is 0 Å². The van der Waals surface area contributed by atoms with Crippen molar-refractivity contribution in [2.45, 2.75) is 12.5 Å². The van der Waals surface area contributed by atoms with Crippen LogP contribution in [0.1, 0.15) is 16.8 Å². The molecule has 0 saturated carbocycles. The molecule has 4 heteroatoms. The highest BCUT2D eigenvalue weighted by atomic mass is 127. The molecule has 1 saturated heterocycles. The second kappa shape index (κ2) is 5.21. The van der Waals surface area contributed by atoms with Crippen molar-refractivity contribution in [1.29, 1.82) is 0 Å². The molecule has 0 radical (unpaired) electrons. The fraction of sp³-hybridized carbons (Fsp3) is 0.364. The van der Waals surface area contributed by atoms with Gasteiger partial charge in [0.25, 0.3) is 5.91 Å². The predicted molar refractivity (Wildman–Crippen MR) is 72.4 cm³/mol. The molecule has 0 aromatic heterocycles. The van der Waals surface area contributed by atoms with E-state index in [9.17, 15) is 4.79 Å². The Morgan fingerprint density at radius 1 is 1.53 bits per heavy atom. The maximum atomic E-state index is 11.8. The molecule has 0 aliphatic carbocycles. The first-order valence-corrected chi connectivity index (χ1v) is 7.13. The quantitative estimate of drug-likeness (QED) is 0.843. The smallest absolute Gasteiger partial charge is 0.251 e. The van der Waals surface area contributed by atoms with Crippen LogP contribution in [0.15, 0.2) is 24.3 Å². The van der Waals surface area contributed by atoms with Crippen LogP contribution in [0.4, 0.5) is 0 Å². The molecule has 0 bridgehead atoms. The first-order valence-electron chi connectivity index (χ1n) is 4.90. The largest absolute Gasteiger partial charge is 0.348 e. The molecular formula is C11H12INOS. The van der Waals surface area contributed by atoms with Crippen molar-refractivity contribution >= 4 is 40.3 Å². The van der Waals surface area contributed by atoms with Crippen molar-refractivity contribution in [2.24, 2.45) is 0 Å². The van der Waals surface area contributed by atoms with Crippen LogP contribution in [0.3, 0.4) is 0 Å². The Kier molecular flexibility index (Phi) is 3.91. The molecule has 1 heterocycles. The highest BCUT2D eigenvalue weighted by Crippen LogP contribution is 2.17. The molecule has 1 N–H and O–H groups in total. The zero-order valence-electron chi connectivity index (χ0n) is 8.20. The van der Waals surface area contributed by atoms with Crippen LogP contribution in [-0.4, -0.2) is 23.5 Å². The molecule has 0 spiro atoms. The Bertz CT molecular complexity index is 363. The average Bonchev–Trinajstić information content (AvgIpc) is 2.70. The molecule has 2 rings (SSSR count). The number of rotatable bonds is 2. The van der Waals surface area contributed by atoms with E-state index in [-0.39, 0.29) is 5.91 Å². The van der Waals surface area contributed by atoms with Gasteiger partial charge < -0.3 is 5.32 Å². The van der Waals surface area contributed by atoms with Gasteiger partial charge in [-0.05, 0) is 53.0 Å². The summed E-state index contributed by atoms with van der Waals surface area (Å²) in [4.78, 5) is 11.8. The number of halogens is 1. The number of amides is 1. The summed E-state index contributed by atoms with van der Waals surface area (Å²) >= 11 is 4.13. The van der Waals surface area contributed by atoms with E-state index in [0.717, 1.165) is 27.1 Å². The third-order valence-corrected chi connectivity index (χ3v) is 4.19. The van der Waals surface area contributed by atoms with E-state index < -0.39 is 0 Å². The SMILES string of the molecule is O=C(NC1CCSC1)c1cccc(I)c1. The molecule has 1 aromatic carbocycles. The second-order valence-electron chi connectivity index (χ2n) is 3.54. The number of carbonyl (C=O) groups excluding carboxylic acids is 1. The Balaban J connectivity index is 2.01. The van der Waals surface area contributed by atoms with Gasteiger partial charge in [0.1, 0.15) is 0 Å². The summed E-state index contributed by atoms with van der Waals surface area (Å²) in [6, 6.07) is 8.04. The summed E-state index contributed by atoms with van der Waals surface area (Å²) in [5, 5.41) is 3.06. The highest BCUT2D eigenvalue weighted by Gasteiger charge is 2.18. The number of thioether (sulfide) groups is 1. The monoisotopic (exact) mass is 333 g/mol. The van der Waals surface area contributed by atoms with Crippen molar-refractivity contribution in [1.82, 2.24) is 5.32 Å². The van der Waals surface area contributed by atoms with Gasteiger partial charge in [0.15, 0.2) is 0 Å². The second-order valence-corrected chi connectivity index (χ2v) is 5.94. The fourth-order valence-electron chi connectivity index (χ4n) is 1.55. The normalized spacial score (nSPS) is 20.2. The molecule has 80 valence electrons. The molecule has 2 nitrogen and oxygen atoms in total. The maximum absolute atomic E-state index is 11.8. The topological polar surface area (TPSA) is 29.1 Å². The summed E-state index contributed by atoms with van der Waals surface area (Å²) in [7, 11) is 0. The van der Waals surface area contributed by atoms with Gasteiger partial charge in [0, 0.05) is 20.9 Å². The van der Waals surface area contributed by atoms with Crippen molar-refractivity contribution in [2.75, 3.05) is 11.5 Å². The van der Waals surface area contributed by atoms with Gasteiger partial charge in [0.2, 0.25) is 0 Å². The third-order valence-electron chi connectivity index (χ3n) is 2.35. The molecule has 1 aliphatic rings. The molecule has 1 amide bonds. The van der Waals surface area contributed by atoms with Crippen molar-refractivity contribution in [3.05, 3.63) is 33.4 Å². The summed E-state index contributed by atoms with van der Waals surface area (Å²) in [5.41, 5.74) is 0.763. The number of carbonyl (C=O) groups is 1. The maximum Gasteiger partial charge on any atom is 0.251 e. The van der Waals surface area contributed by atoms with Crippen molar-refractivity contribution < 1.29 is 4.79 Å². The lowest BCUT2D eigenvalue weighted by Gasteiger charge is -2.11. The van der Waals surface area contributed by atoms with Crippen molar-refractivity contribution in [3.8, 4) is 0 Å². The van der Waals surface area contributed by atoms with Gasteiger partial charge >= 0.3 is 0 Å². The van der Waals surface area contributed by atoms with Gasteiger partial charge in [0.05, 0.1) is 0 Å². The predicted octanol–water partition coefficient (Wildman–Crippen LogP) is 2.53. The fourth-order valence-corrected chi connectivity index (χ4v) is 3.24. The van der Waals surface area contributed by atoms with E-state index in [0.29, 0.717) is 6.04 Å². The van der Waals surface area contributed by atoms with E-state index in [1.165, 1.54) is 0 Å². The van der Waals surface area contributed by atoms with Crippen LogP contribution in [0.2, 0.25) is 0 Å². The first kappa shape index (κ1) is 11.3. The Morgan fingerprint density at radius 2 is 2.40 bits per heavy atom. The summed E-state index contributed by atoms with van der Waals surface area (Å²) in [6.07, 6.45) is 1.10. The number of hydrogen-bond acceptors (Lipinski definition) is 2. The van der Waals surface area contributed by atoms with Crippen LogP contribution >= 0.6 is 34.4 Å². The Morgan fingerprint density at radius 3 is 3.07 bits per heavy atom. The molecule has 1 aromatic rings. The van der Waals surface area contributed by atoms with E-state index in [1.54, 1.807) is 0 Å². The van der Waals surface area contributed by atoms with Crippen LogP contribution < -0.4 is 5.32 Å². The number of benzene rings is 1. The molecular weight excluding hydrogens is 321 g/mol. The molecule has 15 heavy (non-hydrogen) atoms. The summed E-state index contributed by atoms with van der Waals surface area (Å²) < 4.78 is 1.10. The average molecular weight is 333 g/mol. The van der Waals surface area contributed by atoms with Gasteiger partial charge in [-0.1, -0.05) is 6.07 Å². The van der Waals surface area contributed by atoms with Gasteiger partial charge in [-0.3, -0.25) is 4.79 Å². The molecule has 1 fully saturated rings. The highest BCUT2D eigenvalue weighted by molar-refractivity contribution is 14.1. The zero-order valence-corrected chi connectivity index (χ0v) is 11.2. The number of hydrogen-bond donors (Lipinski definition) is 1. The minimum absolute atomic E-state index is 0.0565. The van der Waals surface area contributed by atoms with E-state index in [4.69, 9.17) is 0 Å². The summed E-state index contributed by atoms with van der Waals surface area (Å²) in [5.74, 6) is 2.27. The van der Waals surface area contributed by atoms with Crippen LogP contribution in [-0.2, 0) is 0 Å². The lowest BCUT2D eigenvalue weighted by Crippen LogP contribution is -2.34. The third kappa shape index (κ3) is 3.11. The van der Waals surface area contributed by atoms with E-state index in [2.05, 4.69) is 27.9 Å². The van der Waals surface area contributed by atoms with Crippen LogP contribution in [0.5, 0.6) is 0 Å². The molecule has 1 unspecified atom stereocenters. The minimum atomic E-state index is 0.0565. The Hall–Kier alpha value is -0.230. The van der Waals surface area contributed by atoms with Gasteiger partial charge in [-0.2, -0.15) is 11.8 Å². The van der Waals surface area contributed by atoms with Gasteiger partial charge in [-0.15, -0.1) is 0 Å². The Labute approximate surface area is 107 Å². The number of nitrogens with one attached hydrogen (secondary N) is 1. The minimum Gasteiger partial charge on any atom is -0.348 e. The van der Waals surface area contributed by atoms with Crippen molar-refractivity contribution in [3.63, 3.8) is 0 Å².